The lowest BCUT2D eigenvalue weighted by Crippen LogP contribution is -2.32. The SMILES string of the molecule is O=c1c(-c2ccc(Cl)cc2)c(C(F)(F)F)oc2c3c(ccc12)OCN(Cc1ccccn1)C3. The lowest BCUT2D eigenvalue weighted by atomic mass is 10.00. The third-order valence-electron chi connectivity index (χ3n) is 5.41. The lowest BCUT2D eigenvalue weighted by Gasteiger charge is -2.29. The average molecular weight is 473 g/mol. The van der Waals surface area contributed by atoms with Crippen LogP contribution in [0, 0.1) is 0 Å². The second-order valence-corrected chi connectivity index (χ2v) is 8.08. The van der Waals surface area contributed by atoms with E-state index in [0.29, 0.717) is 22.9 Å². The number of nitrogens with zero attached hydrogens (tertiary/aromatic N) is 2. The van der Waals surface area contributed by atoms with Gasteiger partial charge in [-0.05, 0) is 42.0 Å². The van der Waals surface area contributed by atoms with Crippen LogP contribution >= 0.6 is 11.6 Å². The molecule has 9 heteroatoms. The number of ether oxygens (including phenoxy) is 1. The summed E-state index contributed by atoms with van der Waals surface area (Å²) < 4.78 is 53.2. The first-order valence-electron chi connectivity index (χ1n) is 10.0. The van der Waals surface area contributed by atoms with Gasteiger partial charge >= 0.3 is 6.18 Å². The first kappa shape index (κ1) is 21.5. The van der Waals surface area contributed by atoms with E-state index in [9.17, 15) is 18.0 Å². The Morgan fingerprint density at radius 2 is 1.85 bits per heavy atom. The Bertz CT molecular complexity index is 1390. The number of aromatic nitrogens is 1. The molecule has 0 N–H and O–H groups in total. The number of rotatable bonds is 3. The second-order valence-electron chi connectivity index (χ2n) is 7.64. The van der Waals surface area contributed by atoms with Gasteiger partial charge < -0.3 is 9.15 Å². The Morgan fingerprint density at radius 1 is 1.06 bits per heavy atom. The highest BCUT2D eigenvalue weighted by atomic mass is 35.5. The molecule has 2 aromatic heterocycles. The highest BCUT2D eigenvalue weighted by molar-refractivity contribution is 6.30. The molecule has 4 aromatic rings. The summed E-state index contributed by atoms with van der Waals surface area (Å²) in [5.41, 5.74) is -0.196. The summed E-state index contributed by atoms with van der Waals surface area (Å²) in [6, 6.07) is 14.1. The largest absolute Gasteiger partial charge is 0.478 e. The highest BCUT2D eigenvalue weighted by Crippen LogP contribution is 2.40. The third-order valence-corrected chi connectivity index (χ3v) is 5.66. The molecule has 0 bridgehead atoms. The maximum atomic E-state index is 14.0. The van der Waals surface area contributed by atoms with Gasteiger partial charge in [0.2, 0.25) is 11.2 Å². The van der Waals surface area contributed by atoms with Crippen molar-refractivity contribution in [2.45, 2.75) is 19.3 Å². The zero-order valence-corrected chi connectivity index (χ0v) is 17.8. The van der Waals surface area contributed by atoms with E-state index >= 15 is 0 Å². The monoisotopic (exact) mass is 472 g/mol. The maximum Gasteiger partial charge on any atom is 0.450 e. The molecule has 5 rings (SSSR count). The summed E-state index contributed by atoms with van der Waals surface area (Å²) in [5, 5.41) is 0.395. The van der Waals surface area contributed by atoms with Crippen LogP contribution in [0.2, 0.25) is 5.02 Å². The molecule has 2 aromatic carbocycles. The van der Waals surface area contributed by atoms with Crippen molar-refractivity contribution >= 4 is 22.6 Å². The molecule has 0 atom stereocenters. The van der Waals surface area contributed by atoms with Crippen molar-refractivity contribution in [1.82, 2.24) is 9.88 Å². The standard InChI is InChI=1S/C24H16ClF3N2O3/c25-15-6-4-14(5-7-15)20-21(31)17-8-9-19-18(22(17)33-23(20)24(26,27)28)12-30(13-32-19)11-16-3-1-2-10-29-16/h1-10H,11-13H2. The van der Waals surface area contributed by atoms with Crippen LogP contribution < -0.4 is 10.2 Å². The van der Waals surface area contributed by atoms with Crippen molar-refractivity contribution in [1.29, 1.82) is 0 Å². The molecule has 0 amide bonds. The normalized spacial score (nSPS) is 14.2. The Kier molecular flexibility index (Phi) is 5.34. The molecule has 33 heavy (non-hydrogen) atoms. The Labute approximate surface area is 191 Å². The molecule has 0 saturated heterocycles. The van der Waals surface area contributed by atoms with Crippen molar-refractivity contribution in [3.05, 3.63) is 93.1 Å². The molecular formula is C24H16ClF3N2O3. The minimum Gasteiger partial charge on any atom is -0.478 e. The number of halogens is 4. The number of hydrogen-bond acceptors (Lipinski definition) is 5. The summed E-state index contributed by atoms with van der Waals surface area (Å²) in [6.07, 6.45) is -3.22. The van der Waals surface area contributed by atoms with Crippen LogP contribution in [0.25, 0.3) is 22.1 Å². The molecule has 0 saturated carbocycles. The van der Waals surface area contributed by atoms with Crippen molar-refractivity contribution in [2.24, 2.45) is 0 Å². The zero-order valence-electron chi connectivity index (χ0n) is 17.0. The van der Waals surface area contributed by atoms with Crippen LogP contribution in [-0.4, -0.2) is 16.6 Å². The second kappa shape index (κ2) is 8.20. The predicted molar refractivity (Wildman–Crippen MR) is 117 cm³/mol. The summed E-state index contributed by atoms with van der Waals surface area (Å²) in [4.78, 5) is 19.4. The summed E-state index contributed by atoms with van der Waals surface area (Å²) in [5.74, 6) is -0.965. The van der Waals surface area contributed by atoms with Gasteiger partial charge in [-0.1, -0.05) is 29.8 Å². The molecule has 168 valence electrons. The minimum atomic E-state index is -4.88. The number of benzene rings is 2. The molecule has 0 fully saturated rings. The maximum absolute atomic E-state index is 14.0. The molecule has 1 aliphatic heterocycles. The van der Waals surface area contributed by atoms with E-state index in [4.69, 9.17) is 20.8 Å². The topological polar surface area (TPSA) is 55.6 Å². The fourth-order valence-corrected chi connectivity index (χ4v) is 4.04. The van der Waals surface area contributed by atoms with Crippen molar-refractivity contribution < 1.29 is 22.3 Å². The van der Waals surface area contributed by atoms with Crippen LogP contribution in [0.3, 0.4) is 0 Å². The smallest absolute Gasteiger partial charge is 0.450 e. The van der Waals surface area contributed by atoms with Gasteiger partial charge in [-0.2, -0.15) is 13.2 Å². The third kappa shape index (κ3) is 4.07. The van der Waals surface area contributed by atoms with Crippen molar-refractivity contribution in [2.75, 3.05) is 6.73 Å². The summed E-state index contributed by atoms with van der Waals surface area (Å²) in [6.45, 7) is 0.897. The van der Waals surface area contributed by atoms with Gasteiger partial charge in [-0.15, -0.1) is 0 Å². The lowest BCUT2D eigenvalue weighted by molar-refractivity contribution is -0.152. The molecule has 0 unspecified atom stereocenters. The van der Waals surface area contributed by atoms with Crippen LogP contribution in [0.5, 0.6) is 5.75 Å². The molecule has 0 radical (unpaired) electrons. The van der Waals surface area contributed by atoms with Crippen LogP contribution in [0.1, 0.15) is 17.0 Å². The van der Waals surface area contributed by atoms with E-state index in [1.807, 2.05) is 17.0 Å². The van der Waals surface area contributed by atoms with Gasteiger partial charge in [0, 0.05) is 24.3 Å². The highest BCUT2D eigenvalue weighted by Gasteiger charge is 2.40. The van der Waals surface area contributed by atoms with Crippen molar-refractivity contribution in [3.63, 3.8) is 0 Å². The van der Waals surface area contributed by atoms with Crippen LogP contribution in [0.4, 0.5) is 13.2 Å². The number of pyridine rings is 1. The number of fused-ring (bicyclic) bond motifs is 3. The van der Waals surface area contributed by atoms with Crippen LogP contribution in [-0.2, 0) is 19.3 Å². The van der Waals surface area contributed by atoms with E-state index < -0.39 is 22.9 Å². The Hall–Kier alpha value is -3.36. The minimum absolute atomic E-state index is 0.0509. The molecule has 0 spiro atoms. The quantitative estimate of drug-likeness (QED) is 0.373. The van der Waals surface area contributed by atoms with Crippen LogP contribution in [0.15, 0.2) is 70.0 Å². The fourth-order valence-electron chi connectivity index (χ4n) is 3.91. The number of alkyl halides is 3. The van der Waals surface area contributed by atoms with Gasteiger partial charge in [0.05, 0.1) is 22.2 Å². The van der Waals surface area contributed by atoms with Gasteiger partial charge in [0.25, 0.3) is 0 Å². The molecule has 1 aliphatic rings. The summed E-state index contributed by atoms with van der Waals surface area (Å²) >= 11 is 5.87. The average Bonchev–Trinajstić information content (AvgIpc) is 2.79. The van der Waals surface area contributed by atoms with E-state index in [1.165, 1.54) is 30.3 Å². The van der Waals surface area contributed by atoms with E-state index in [-0.39, 0.29) is 29.8 Å². The molecule has 3 heterocycles. The first-order chi connectivity index (χ1) is 15.8. The zero-order chi connectivity index (χ0) is 23.2. The first-order valence-corrected chi connectivity index (χ1v) is 10.4. The fraction of sp³-hybridized carbons (Fsp3) is 0.167. The van der Waals surface area contributed by atoms with Gasteiger partial charge in [0.15, 0.2) is 0 Å². The summed E-state index contributed by atoms with van der Waals surface area (Å²) in [7, 11) is 0. The Balaban J connectivity index is 1.66. The van der Waals surface area contributed by atoms with Gasteiger partial charge in [0.1, 0.15) is 18.1 Å². The van der Waals surface area contributed by atoms with E-state index in [0.717, 1.165) is 5.69 Å². The molecule has 5 nitrogen and oxygen atoms in total. The number of hydrogen-bond donors (Lipinski definition) is 0. The molecule has 0 aliphatic carbocycles. The van der Waals surface area contributed by atoms with Gasteiger partial charge in [-0.25, -0.2) is 0 Å². The molecular weight excluding hydrogens is 457 g/mol. The van der Waals surface area contributed by atoms with Gasteiger partial charge in [-0.3, -0.25) is 14.7 Å². The Morgan fingerprint density at radius 3 is 2.55 bits per heavy atom. The predicted octanol–water partition coefficient (Wildman–Crippen LogP) is 5.88. The van der Waals surface area contributed by atoms with E-state index in [2.05, 4.69) is 4.98 Å². The van der Waals surface area contributed by atoms with Crippen molar-refractivity contribution in [3.8, 4) is 16.9 Å². The van der Waals surface area contributed by atoms with E-state index in [1.54, 1.807) is 18.3 Å².